The van der Waals surface area contributed by atoms with E-state index in [-0.39, 0.29) is 13.2 Å². The first-order valence-electron chi connectivity index (χ1n) is 11.7. The molecule has 0 unspecified atom stereocenters. The number of halogens is 1. The Morgan fingerprint density at radius 2 is 2.00 bits per heavy atom. The number of piperidine rings is 1. The Hall–Kier alpha value is -3.39. The van der Waals surface area contributed by atoms with E-state index in [9.17, 15) is 9.18 Å². The topological polar surface area (TPSA) is 72.9 Å². The van der Waals surface area contributed by atoms with E-state index in [1.807, 2.05) is 48.5 Å². The predicted octanol–water partition coefficient (Wildman–Crippen LogP) is 3.89. The molecule has 8 heteroatoms. The van der Waals surface area contributed by atoms with Gasteiger partial charge in [-0.15, -0.1) is 0 Å². The molecule has 1 amide bonds. The Morgan fingerprint density at radius 3 is 2.85 bits per heavy atom. The zero-order valence-electron chi connectivity index (χ0n) is 18.9. The van der Waals surface area contributed by atoms with Crippen LogP contribution >= 0.6 is 0 Å². The van der Waals surface area contributed by atoms with Gasteiger partial charge in [0.15, 0.2) is 11.5 Å². The Kier molecular flexibility index (Phi) is 6.76. The summed E-state index contributed by atoms with van der Waals surface area (Å²) in [6.45, 7) is 2.89. The van der Waals surface area contributed by atoms with Crippen molar-refractivity contribution in [3.05, 3.63) is 65.9 Å². The molecule has 0 radical (unpaired) electrons. The molecule has 3 heterocycles. The number of aromatic nitrogens is 1. The van der Waals surface area contributed by atoms with Crippen LogP contribution in [0.25, 0.3) is 10.9 Å². The number of benzene rings is 2. The number of alkyl carbamates (subject to hydrolysis) is 1. The third-order valence-electron chi connectivity index (χ3n) is 6.34. The molecule has 1 saturated heterocycles. The van der Waals surface area contributed by atoms with Gasteiger partial charge in [0.05, 0.1) is 11.6 Å². The van der Waals surface area contributed by atoms with Gasteiger partial charge in [-0.3, -0.25) is 9.88 Å². The highest BCUT2D eigenvalue weighted by molar-refractivity contribution is 5.91. The van der Waals surface area contributed by atoms with Crippen LogP contribution in [0.3, 0.4) is 0 Å². The first-order chi connectivity index (χ1) is 16.7. The van der Waals surface area contributed by atoms with Crippen molar-refractivity contribution in [2.45, 2.75) is 31.7 Å². The number of pyridine rings is 1. The van der Waals surface area contributed by atoms with Gasteiger partial charge in [-0.2, -0.15) is 0 Å². The van der Waals surface area contributed by atoms with Crippen LogP contribution in [0.1, 0.15) is 17.5 Å². The van der Waals surface area contributed by atoms with Gasteiger partial charge in [0.2, 0.25) is 0 Å². The van der Waals surface area contributed by atoms with E-state index in [0.29, 0.717) is 32.7 Å². The Balaban J connectivity index is 1.15. The van der Waals surface area contributed by atoms with Crippen LogP contribution in [0, 0.1) is 0 Å². The number of carbonyl (C=O) groups excluding carboxylic acids is 1. The van der Waals surface area contributed by atoms with Crippen molar-refractivity contribution >= 4 is 17.0 Å². The third kappa shape index (κ3) is 5.07. The van der Waals surface area contributed by atoms with Crippen molar-refractivity contribution in [1.82, 2.24) is 15.2 Å². The van der Waals surface area contributed by atoms with Crippen molar-refractivity contribution in [2.75, 3.05) is 32.8 Å². The van der Waals surface area contributed by atoms with Crippen LogP contribution in [0.4, 0.5) is 9.18 Å². The molecule has 0 saturated carbocycles. The summed E-state index contributed by atoms with van der Waals surface area (Å²) in [6, 6.07) is 14.7. The molecule has 0 spiro atoms. The lowest BCUT2D eigenvalue weighted by Crippen LogP contribution is -2.52. The molecule has 2 aromatic carbocycles. The first kappa shape index (κ1) is 22.4. The van der Waals surface area contributed by atoms with Gasteiger partial charge >= 0.3 is 6.09 Å². The minimum absolute atomic E-state index is 0.167. The SMILES string of the molecule is O=C(N[C@H]1CCN(CCc2ccnc3ccc4c(c23)OCCO4)C[C@@H]1F)OCc1ccccc1. The van der Waals surface area contributed by atoms with Crippen LogP contribution < -0.4 is 14.8 Å². The number of hydrogen-bond acceptors (Lipinski definition) is 6. The van der Waals surface area contributed by atoms with E-state index < -0.39 is 18.3 Å². The molecule has 5 rings (SSSR count). The maximum absolute atomic E-state index is 14.9. The van der Waals surface area contributed by atoms with Crippen molar-refractivity contribution in [3.63, 3.8) is 0 Å². The molecule has 1 fully saturated rings. The van der Waals surface area contributed by atoms with Gasteiger partial charge in [-0.05, 0) is 42.2 Å². The van der Waals surface area contributed by atoms with Gasteiger partial charge in [0, 0.05) is 31.2 Å². The highest BCUT2D eigenvalue weighted by atomic mass is 19.1. The fraction of sp³-hybridized carbons (Fsp3) is 0.385. The highest BCUT2D eigenvalue weighted by Crippen LogP contribution is 2.38. The minimum Gasteiger partial charge on any atom is -0.486 e. The Morgan fingerprint density at radius 1 is 1.15 bits per heavy atom. The van der Waals surface area contributed by atoms with Gasteiger partial charge in [-0.25, -0.2) is 9.18 Å². The molecule has 2 aliphatic rings. The molecule has 0 bridgehead atoms. The Bertz CT molecular complexity index is 1140. The van der Waals surface area contributed by atoms with Crippen LogP contribution in [-0.4, -0.2) is 61.0 Å². The lowest BCUT2D eigenvalue weighted by atomic mass is 10.0. The monoisotopic (exact) mass is 465 g/mol. The normalized spacial score (nSPS) is 20.1. The molecule has 34 heavy (non-hydrogen) atoms. The second-order valence-electron chi connectivity index (χ2n) is 8.62. The van der Waals surface area contributed by atoms with Crippen LogP contribution in [-0.2, 0) is 17.8 Å². The maximum atomic E-state index is 14.9. The maximum Gasteiger partial charge on any atom is 0.407 e. The molecule has 2 aliphatic heterocycles. The predicted molar refractivity (Wildman–Crippen MR) is 126 cm³/mol. The van der Waals surface area contributed by atoms with Gasteiger partial charge in [0.1, 0.15) is 26.0 Å². The second kappa shape index (κ2) is 10.3. The van der Waals surface area contributed by atoms with Gasteiger partial charge < -0.3 is 19.5 Å². The zero-order valence-corrected chi connectivity index (χ0v) is 18.9. The molecule has 3 aromatic rings. The van der Waals surface area contributed by atoms with Gasteiger partial charge in [-0.1, -0.05) is 30.3 Å². The van der Waals surface area contributed by atoms with Crippen molar-refractivity contribution < 1.29 is 23.4 Å². The fourth-order valence-electron chi connectivity index (χ4n) is 4.55. The third-order valence-corrected chi connectivity index (χ3v) is 6.34. The largest absolute Gasteiger partial charge is 0.486 e. The molecule has 0 aliphatic carbocycles. The standard InChI is InChI=1S/C26H28FN3O4/c27-20-16-30(13-10-21(20)29-26(31)34-17-18-4-2-1-3-5-18)12-9-19-8-11-28-22-6-7-23-25(24(19)22)33-15-14-32-23/h1-8,11,20-21H,9-10,12-17H2,(H,29,31)/t20-,21-/m0/s1. The molecule has 7 nitrogen and oxygen atoms in total. The van der Waals surface area contributed by atoms with Crippen LogP contribution in [0.15, 0.2) is 54.7 Å². The zero-order chi connectivity index (χ0) is 23.3. The van der Waals surface area contributed by atoms with E-state index in [1.54, 1.807) is 6.20 Å². The number of alkyl halides is 1. The summed E-state index contributed by atoms with van der Waals surface area (Å²) >= 11 is 0. The smallest absolute Gasteiger partial charge is 0.407 e. The van der Waals surface area contributed by atoms with E-state index in [0.717, 1.165) is 39.9 Å². The average molecular weight is 466 g/mol. The summed E-state index contributed by atoms with van der Waals surface area (Å²) in [5.41, 5.74) is 2.86. The average Bonchev–Trinajstić information content (AvgIpc) is 2.88. The first-order valence-corrected chi connectivity index (χ1v) is 11.7. The van der Waals surface area contributed by atoms with Crippen LogP contribution in [0.5, 0.6) is 11.5 Å². The number of rotatable bonds is 6. The summed E-state index contributed by atoms with van der Waals surface area (Å²) < 4.78 is 31.7. The quantitative estimate of drug-likeness (QED) is 0.596. The highest BCUT2D eigenvalue weighted by Gasteiger charge is 2.30. The number of nitrogens with zero attached hydrogens (tertiary/aromatic N) is 2. The lowest BCUT2D eigenvalue weighted by Gasteiger charge is -2.34. The second-order valence-corrected chi connectivity index (χ2v) is 8.62. The van der Waals surface area contributed by atoms with E-state index in [1.165, 1.54) is 0 Å². The number of ether oxygens (including phenoxy) is 3. The summed E-state index contributed by atoms with van der Waals surface area (Å²) in [5, 5.41) is 3.66. The van der Waals surface area contributed by atoms with Crippen molar-refractivity contribution in [2.24, 2.45) is 0 Å². The summed E-state index contributed by atoms with van der Waals surface area (Å²) in [6.07, 6.45) is 1.33. The molecular weight excluding hydrogens is 437 g/mol. The number of likely N-dealkylation sites (tertiary alicyclic amines) is 1. The van der Waals surface area contributed by atoms with Crippen LogP contribution in [0.2, 0.25) is 0 Å². The number of hydrogen-bond donors (Lipinski definition) is 1. The summed E-state index contributed by atoms with van der Waals surface area (Å²) in [7, 11) is 0. The minimum atomic E-state index is -1.16. The molecule has 2 atom stereocenters. The Labute approximate surface area is 197 Å². The van der Waals surface area contributed by atoms with Crippen molar-refractivity contribution in [1.29, 1.82) is 0 Å². The van der Waals surface area contributed by atoms with E-state index in [2.05, 4.69) is 15.2 Å². The van der Waals surface area contributed by atoms with E-state index >= 15 is 0 Å². The number of nitrogens with one attached hydrogen (secondary N) is 1. The number of fused-ring (bicyclic) bond motifs is 3. The van der Waals surface area contributed by atoms with E-state index in [4.69, 9.17) is 14.2 Å². The molecular formula is C26H28FN3O4. The molecule has 1 aromatic heterocycles. The van der Waals surface area contributed by atoms with Gasteiger partial charge in [0.25, 0.3) is 0 Å². The molecule has 1 N–H and O–H groups in total. The summed E-state index contributed by atoms with van der Waals surface area (Å²) in [4.78, 5) is 18.7. The van der Waals surface area contributed by atoms with Crippen molar-refractivity contribution in [3.8, 4) is 11.5 Å². The number of amides is 1. The fourth-order valence-corrected chi connectivity index (χ4v) is 4.55. The number of carbonyl (C=O) groups is 1. The molecule has 178 valence electrons. The lowest BCUT2D eigenvalue weighted by molar-refractivity contribution is 0.0887. The summed E-state index contributed by atoms with van der Waals surface area (Å²) in [5.74, 6) is 1.48.